The molecule has 0 aliphatic rings. The highest BCUT2D eigenvalue weighted by molar-refractivity contribution is 7.86. The zero-order valence-electron chi connectivity index (χ0n) is 15.8. The van der Waals surface area contributed by atoms with Crippen molar-refractivity contribution in [3.8, 4) is 0 Å². The summed E-state index contributed by atoms with van der Waals surface area (Å²) in [6.45, 7) is 4.59. The Morgan fingerprint density at radius 1 is 1.33 bits per heavy atom. The van der Waals surface area contributed by atoms with Crippen molar-refractivity contribution in [3.05, 3.63) is 58.7 Å². The SMILES string of the molecule is CC[n+]1ccn(C(=O)OCC(C)c2ccccc2[N+](=O)[O-])c1.O=S(=O)([O-])C(F)(F)F. The average molecular weight is 453 g/mol. The van der Waals surface area contributed by atoms with E-state index in [0.717, 1.165) is 6.54 Å². The van der Waals surface area contributed by atoms with Gasteiger partial charge in [0.2, 0.25) is 0 Å². The normalized spacial score (nSPS) is 12.5. The van der Waals surface area contributed by atoms with E-state index in [1.807, 2.05) is 11.5 Å². The van der Waals surface area contributed by atoms with Crippen LogP contribution in [0, 0.1) is 10.1 Å². The third-order valence-corrected chi connectivity index (χ3v) is 4.24. The molecule has 0 fully saturated rings. The number of alkyl halides is 3. The zero-order valence-corrected chi connectivity index (χ0v) is 16.6. The molecule has 0 spiro atoms. The maximum absolute atomic E-state index is 11.9. The number of nitro groups is 1. The van der Waals surface area contributed by atoms with Crippen LogP contribution in [0.15, 0.2) is 43.0 Å². The monoisotopic (exact) mass is 453 g/mol. The molecule has 1 aromatic heterocycles. The summed E-state index contributed by atoms with van der Waals surface area (Å²) in [5.41, 5.74) is -5.06. The first kappa shape index (κ1) is 25.0. The van der Waals surface area contributed by atoms with Crippen LogP contribution < -0.4 is 4.57 Å². The van der Waals surface area contributed by atoms with E-state index in [1.54, 1.807) is 43.8 Å². The second-order valence-electron chi connectivity index (χ2n) is 5.85. The van der Waals surface area contributed by atoms with Crippen LogP contribution in [0.2, 0.25) is 0 Å². The van der Waals surface area contributed by atoms with Gasteiger partial charge in [-0.15, -0.1) is 4.57 Å². The van der Waals surface area contributed by atoms with Crippen LogP contribution in [-0.2, 0) is 21.4 Å². The van der Waals surface area contributed by atoms with Crippen LogP contribution in [0.25, 0.3) is 0 Å². The van der Waals surface area contributed by atoms with Gasteiger partial charge in [-0.3, -0.25) is 10.1 Å². The Morgan fingerprint density at radius 2 is 1.90 bits per heavy atom. The Hall–Kier alpha value is -3.00. The van der Waals surface area contributed by atoms with Crippen LogP contribution in [0.1, 0.15) is 25.3 Å². The van der Waals surface area contributed by atoms with Crippen molar-refractivity contribution < 1.29 is 45.2 Å². The molecule has 1 aromatic carbocycles. The molecule has 2 aromatic rings. The molecule has 1 unspecified atom stereocenters. The number of hydrogen-bond acceptors (Lipinski definition) is 7. The largest absolute Gasteiger partial charge is 0.741 e. The summed E-state index contributed by atoms with van der Waals surface area (Å²) in [7, 11) is -6.09. The molecule has 166 valence electrons. The van der Waals surface area contributed by atoms with E-state index in [1.165, 1.54) is 10.6 Å². The van der Waals surface area contributed by atoms with Crippen LogP contribution in [-0.4, -0.2) is 40.7 Å². The zero-order chi connectivity index (χ0) is 23.1. The summed E-state index contributed by atoms with van der Waals surface area (Å²) in [5.74, 6) is -0.264. The summed E-state index contributed by atoms with van der Waals surface area (Å²) < 4.78 is 67.3. The van der Waals surface area contributed by atoms with Gasteiger partial charge in [0.1, 0.15) is 19.0 Å². The van der Waals surface area contributed by atoms with Crippen LogP contribution in [0.3, 0.4) is 0 Å². The molecule has 0 radical (unpaired) electrons. The molecule has 0 saturated carbocycles. The van der Waals surface area contributed by atoms with E-state index >= 15 is 0 Å². The summed E-state index contributed by atoms with van der Waals surface area (Å²) in [5, 5.41) is 11.0. The first-order valence-corrected chi connectivity index (χ1v) is 9.68. The molecule has 10 nitrogen and oxygen atoms in total. The number of benzene rings is 1. The topological polar surface area (TPSA) is 135 Å². The smallest absolute Gasteiger partial charge is 0.511 e. The number of aryl methyl sites for hydroxylation is 1. The average Bonchev–Trinajstić information content (AvgIpc) is 3.14. The number of para-hydroxylation sites is 1. The van der Waals surface area contributed by atoms with Gasteiger partial charge in [-0.05, 0) is 6.92 Å². The number of aromatic nitrogens is 2. The van der Waals surface area contributed by atoms with E-state index in [-0.39, 0.29) is 18.2 Å². The summed E-state index contributed by atoms with van der Waals surface area (Å²) in [6.07, 6.45) is 4.52. The predicted molar refractivity (Wildman–Crippen MR) is 94.3 cm³/mol. The Bertz CT molecular complexity index is 990. The van der Waals surface area contributed by atoms with Gasteiger partial charge in [0, 0.05) is 17.5 Å². The summed E-state index contributed by atoms with van der Waals surface area (Å²) >= 11 is 0. The molecule has 30 heavy (non-hydrogen) atoms. The van der Waals surface area contributed by atoms with E-state index in [2.05, 4.69) is 0 Å². The standard InChI is InChI=1S/C15H18N3O4.CHF3O3S/c1-3-16-8-9-17(11-16)15(19)22-10-12(2)13-6-4-5-7-14(13)18(20)21;2-1(3,4)8(5,6)7/h4-9,11-12H,3,10H2,1-2H3;(H,5,6,7)/q+1;/p-1. The molecule has 14 heteroatoms. The minimum Gasteiger partial charge on any atom is -0.741 e. The highest BCUT2D eigenvalue weighted by atomic mass is 32.2. The van der Waals surface area contributed by atoms with Gasteiger partial charge in [-0.1, -0.05) is 25.1 Å². The minimum atomic E-state index is -6.09. The fourth-order valence-electron chi connectivity index (χ4n) is 2.12. The van der Waals surface area contributed by atoms with E-state index in [0.29, 0.717) is 5.56 Å². The number of rotatable bonds is 5. The Morgan fingerprint density at radius 3 is 2.37 bits per heavy atom. The third kappa shape index (κ3) is 7.11. The highest BCUT2D eigenvalue weighted by Gasteiger charge is 2.36. The van der Waals surface area contributed by atoms with Crippen molar-refractivity contribution in [2.45, 2.75) is 31.8 Å². The number of ether oxygens (including phenoxy) is 1. The molecule has 0 N–H and O–H groups in total. The van der Waals surface area contributed by atoms with Gasteiger partial charge < -0.3 is 9.29 Å². The van der Waals surface area contributed by atoms with E-state index in [4.69, 9.17) is 17.7 Å². The molecule has 0 aliphatic heterocycles. The van der Waals surface area contributed by atoms with Crippen molar-refractivity contribution >= 4 is 21.9 Å². The molecule has 2 rings (SSSR count). The van der Waals surface area contributed by atoms with E-state index < -0.39 is 26.6 Å². The van der Waals surface area contributed by atoms with Crippen LogP contribution in [0.5, 0.6) is 0 Å². The minimum absolute atomic E-state index is 0.0378. The maximum Gasteiger partial charge on any atom is 0.511 e. The van der Waals surface area contributed by atoms with Crippen molar-refractivity contribution in [3.63, 3.8) is 0 Å². The maximum atomic E-state index is 11.9. The number of nitrogens with zero attached hydrogens (tertiary/aromatic N) is 3. The Labute approximate surface area is 169 Å². The van der Waals surface area contributed by atoms with Crippen molar-refractivity contribution in [1.29, 1.82) is 0 Å². The summed E-state index contributed by atoms with van der Waals surface area (Å²) in [4.78, 5) is 22.5. The molecule has 0 aliphatic carbocycles. The second-order valence-corrected chi connectivity index (χ2v) is 7.22. The van der Waals surface area contributed by atoms with Crippen LogP contribution in [0.4, 0.5) is 23.7 Å². The van der Waals surface area contributed by atoms with Gasteiger partial charge in [-0.2, -0.15) is 18.0 Å². The number of nitro benzene ring substituents is 1. The lowest BCUT2D eigenvalue weighted by molar-refractivity contribution is -0.692. The molecule has 0 saturated heterocycles. The Kier molecular flexibility index (Phi) is 8.48. The van der Waals surface area contributed by atoms with Gasteiger partial charge in [0.05, 0.1) is 11.5 Å². The predicted octanol–water partition coefficient (Wildman–Crippen LogP) is 2.54. The summed E-state index contributed by atoms with van der Waals surface area (Å²) in [6, 6.07) is 6.47. The highest BCUT2D eigenvalue weighted by Crippen LogP contribution is 2.26. The lowest BCUT2D eigenvalue weighted by Gasteiger charge is -2.11. The number of carbonyl (C=O) groups excluding carboxylic acids is 1. The van der Waals surface area contributed by atoms with Gasteiger partial charge in [0.15, 0.2) is 10.1 Å². The van der Waals surface area contributed by atoms with Crippen molar-refractivity contribution in [2.24, 2.45) is 0 Å². The quantitative estimate of drug-likeness (QED) is 0.223. The second kappa shape index (κ2) is 10.2. The van der Waals surface area contributed by atoms with Crippen molar-refractivity contribution in [1.82, 2.24) is 4.57 Å². The molecular formula is C16H18F3N3O7S. The molecule has 0 amide bonds. The van der Waals surface area contributed by atoms with Gasteiger partial charge in [0.25, 0.3) is 12.0 Å². The molecule has 1 heterocycles. The van der Waals surface area contributed by atoms with Gasteiger partial charge >= 0.3 is 11.6 Å². The first-order valence-electron chi connectivity index (χ1n) is 8.27. The van der Waals surface area contributed by atoms with Crippen molar-refractivity contribution in [2.75, 3.05) is 6.61 Å². The van der Waals surface area contributed by atoms with E-state index in [9.17, 15) is 28.1 Å². The van der Waals surface area contributed by atoms with Gasteiger partial charge in [-0.25, -0.2) is 13.0 Å². The first-order chi connectivity index (χ1) is 13.8. The lowest BCUT2D eigenvalue weighted by atomic mass is 10.0. The third-order valence-electron chi connectivity index (χ3n) is 3.67. The molecule has 0 bridgehead atoms. The molecular weight excluding hydrogens is 435 g/mol. The fourth-order valence-corrected chi connectivity index (χ4v) is 2.12. The number of imidazole rings is 1. The lowest BCUT2D eigenvalue weighted by Crippen LogP contribution is -2.29. The number of halogens is 3. The number of carbonyl (C=O) groups is 1. The molecule has 1 atom stereocenters. The fraction of sp³-hybridized carbons (Fsp3) is 0.375. The van der Waals surface area contributed by atoms with Crippen LogP contribution >= 0.6 is 0 Å². The number of hydrogen-bond donors (Lipinski definition) is 0. The Balaban J connectivity index is 0.000000479.